The third kappa shape index (κ3) is 5.52. The molecule has 0 aromatic heterocycles. The van der Waals surface area contributed by atoms with Crippen molar-refractivity contribution >= 4 is 17.5 Å². The summed E-state index contributed by atoms with van der Waals surface area (Å²) in [5.41, 5.74) is -2.40. The molecular weight excluding hydrogens is 366 g/mol. The first-order valence-electron chi connectivity index (χ1n) is 7.02. The molecule has 0 saturated carbocycles. The Morgan fingerprint density at radius 3 is 1.84 bits per heavy atom. The van der Waals surface area contributed by atoms with E-state index in [-0.39, 0.29) is 28.9 Å². The van der Waals surface area contributed by atoms with Crippen LogP contribution in [0.25, 0.3) is 0 Å². The third-order valence-electron chi connectivity index (χ3n) is 3.25. The zero-order valence-electron chi connectivity index (χ0n) is 12.6. The first-order valence-corrected chi connectivity index (χ1v) is 8.17. The van der Waals surface area contributed by atoms with E-state index in [4.69, 9.17) is 0 Å². The molecule has 1 nitrogen and oxygen atoms in total. The highest BCUT2D eigenvalue weighted by Gasteiger charge is 2.36. The van der Waals surface area contributed by atoms with Gasteiger partial charge < -0.3 is 0 Å². The Balaban J connectivity index is 2.12. The Labute approximate surface area is 144 Å². The van der Waals surface area contributed by atoms with E-state index in [1.807, 2.05) is 0 Å². The maximum Gasteiger partial charge on any atom is 0.416 e. The summed E-state index contributed by atoms with van der Waals surface area (Å²) < 4.78 is 76.7. The summed E-state index contributed by atoms with van der Waals surface area (Å²) in [4.78, 5) is 11.9. The Bertz CT molecular complexity index is 705. The lowest BCUT2D eigenvalue weighted by atomic mass is 10.1. The van der Waals surface area contributed by atoms with Crippen LogP contribution in [0.2, 0.25) is 0 Å². The molecule has 0 aliphatic carbocycles. The van der Waals surface area contributed by atoms with E-state index in [9.17, 15) is 31.1 Å². The fraction of sp³-hybridized carbons (Fsp3) is 0.235. The van der Waals surface area contributed by atoms with E-state index in [2.05, 4.69) is 0 Å². The normalized spacial score (nSPS) is 12.2. The summed E-state index contributed by atoms with van der Waals surface area (Å²) >= 11 is 0.964. The highest BCUT2D eigenvalue weighted by molar-refractivity contribution is 7.99. The van der Waals surface area contributed by atoms with Crippen LogP contribution >= 0.6 is 11.8 Å². The summed E-state index contributed by atoms with van der Waals surface area (Å²) in [6, 6.07) is 9.68. The van der Waals surface area contributed by atoms with E-state index in [1.54, 1.807) is 30.3 Å². The first-order chi connectivity index (χ1) is 11.6. The molecular formula is C17H12F6OS. The van der Waals surface area contributed by atoms with Gasteiger partial charge in [-0.25, -0.2) is 0 Å². The number of hydrogen-bond donors (Lipinski definition) is 0. The van der Waals surface area contributed by atoms with Gasteiger partial charge in [0.2, 0.25) is 0 Å². The summed E-state index contributed by atoms with van der Waals surface area (Å²) in [7, 11) is 0. The van der Waals surface area contributed by atoms with Crippen LogP contribution in [-0.4, -0.2) is 11.5 Å². The third-order valence-corrected chi connectivity index (χ3v) is 4.25. The fourth-order valence-electron chi connectivity index (χ4n) is 2.07. The molecule has 0 heterocycles. The summed E-state index contributed by atoms with van der Waals surface area (Å²) in [5.74, 6) is -0.415. The molecule has 0 aliphatic rings. The molecule has 0 N–H and O–H groups in total. The van der Waals surface area contributed by atoms with Crippen molar-refractivity contribution < 1.29 is 31.1 Å². The van der Waals surface area contributed by atoms with E-state index in [0.29, 0.717) is 17.7 Å². The molecule has 0 spiro atoms. The van der Waals surface area contributed by atoms with Gasteiger partial charge in [-0.1, -0.05) is 30.3 Å². The average Bonchev–Trinajstić information content (AvgIpc) is 2.53. The van der Waals surface area contributed by atoms with Crippen molar-refractivity contribution in [2.24, 2.45) is 0 Å². The predicted octanol–water partition coefficient (Wildman–Crippen LogP) is 5.84. The molecule has 8 heteroatoms. The minimum atomic E-state index is -4.87. The van der Waals surface area contributed by atoms with Crippen molar-refractivity contribution in [1.82, 2.24) is 0 Å². The number of carbonyl (C=O) groups excluding carboxylic acids is 1. The highest BCUT2D eigenvalue weighted by atomic mass is 32.2. The number of ketones is 1. The van der Waals surface area contributed by atoms with Gasteiger partial charge in [-0.3, -0.25) is 4.79 Å². The van der Waals surface area contributed by atoms with Crippen molar-refractivity contribution in [1.29, 1.82) is 0 Å². The molecule has 0 bridgehead atoms. The van der Waals surface area contributed by atoms with Crippen molar-refractivity contribution in [3.8, 4) is 0 Å². The molecule has 0 unspecified atom stereocenters. The quantitative estimate of drug-likeness (QED) is 0.480. The summed E-state index contributed by atoms with van der Waals surface area (Å²) in [6.45, 7) is 0. The van der Waals surface area contributed by atoms with Gasteiger partial charge in [-0.2, -0.15) is 26.3 Å². The van der Waals surface area contributed by atoms with Gasteiger partial charge in [0, 0.05) is 11.3 Å². The lowest BCUT2D eigenvalue weighted by Gasteiger charge is -2.14. The van der Waals surface area contributed by atoms with Crippen LogP contribution in [-0.2, 0) is 18.1 Å². The lowest BCUT2D eigenvalue weighted by molar-refractivity contribution is -0.143. The number of halogens is 6. The van der Waals surface area contributed by atoms with Crippen LogP contribution in [0, 0.1) is 0 Å². The van der Waals surface area contributed by atoms with Crippen LogP contribution in [0.1, 0.15) is 27.0 Å². The number of rotatable bonds is 5. The molecule has 25 heavy (non-hydrogen) atoms. The topological polar surface area (TPSA) is 17.1 Å². The Hall–Kier alpha value is -1.96. The van der Waals surface area contributed by atoms with E-state index >= 15 is 0 Å². The zero-order chi connectivity index (χ0) is 18.7. The average molecular weight is 378 g/mol. The number of alkyl halides is 6. The minimum Gasteiger partial charge on any atom is -0.293 e. The van der Waals surface area contributed by atoms with Gasteiger partial charge in [0.05, 0.1) is 16.9 Å². The number of hydrogen-bond acceptors (Lipinski definition) is 2. The maximum absolute atomic E-state index is 12.8. The molecule has 134 valence electrons. The van der Waals surface area contributed by atoms with Crippen LogP contribution in [0.3, 0.4) is 0 Å². The lowest BCUT2D eigenvalue weighted by Crippen LogP contribution is -2.11. The van der Waals surface area contributed by atoms with Crippen LogP contribution < -0.4 is 0 Å². The Morgan fingerprint density at radius 1 is 0.840 bits per heavy atom. The molecule has 2 rings (SSSR count). The Morgan fingerprint density at radius 2 is 1.36 bits per heavy atom. The van der Waals surface area contributed by atoms with Crippen molar-refractivity contribution in [3.63, 3.8) is 0 Å². The van der Waals surface area contributed by atoms with Crippen LogP contribution in [0.5, 0.6) is 0 Å². The molecule has 0 radical (unpaired) electrons. The summed E-state index contributed by atoms with van der Waals surface area (Å²) in [5, 5.41) is 0. The van der Waals surface area contributed by atoms with Crippen LogP contribution in [0.15, 0.2) is 48.5 Å². The number of Topliss-reactive ketones (excluding diaryl/α,β-unsaturated/α-hetero) is 1. The van der Waals surface area contributed by atoms with Gasteiger partial charge in [0.15, 0.2) is 5.78 Å². The second-order valence-corrected chi connectivity index (χ2v) is 6.18. The first kappa shape index (κ1) is 19.4. The fourth-order valence-corrected chi connectivity index (χ4v) is 2.93. The van der Waals surface area contributed by atoms with Gasteiger partial charge >= 0.3 is 12.4 Å². The van der Waals surface area contributed by atoms with Crippen molar-refractivity contribution in [3.05, 3.63) is 70.8 Å². The maximum atomic E-state index is 12.8. The largest absolute Gasteiger partial charge is 0.416 e. The molecule has 0 saturated heterocycles. The van der Waals surface area contributed by atoms with E-state index in [1.165, 1.54) is 0 Å². The van der Waals surface area contributed by atoms with Gasteiger partial charge in [0.25, 0.3) is 0 Å². The monoisotopic (exact) mass is 378 g/mol. The molecule has 0 atom stereocenters. The van der Waals surface area contributed by atoms with Crippen molar-refractivity contribution in [2.45, 2.75) is 18.1 Å². The van der Waals surface area contributed by atoms with Gasteiger partial charge in [-0.05, 0) is 23.8 Å². The minimum absolute atomic E-state index is 0.0401. The number of benzene rings is 2. The molecule has 0 fully saturated rings. The molecule has 2 aromatic rings. The number of carbonyl (C=O) groups is 1. The van der Waals surface area contributed by atoms with Crippen LogP contribution in [0.4, 0.5) is 26.3 Å². The van der Waals surface area contributed by atoms with E-state index in [0.717, 1.165) is 11.8 Å². The van der Waals surface area contributed by atoms with Crippen molar-refractivity contribution in [2.75, 3.05) is 5.75 Å². The SMILES string of the molecule is O=C(CSCc1cc(C(F)(F)F)cc(C(F)(F)F)c1)c1ccccc1. The Kier molecular flexibility index (Phi) is 5.82. The summed E-state index contributed by atoms with van der Waals surface area (Å²) in [6.07, 6.45) is -9.75. The molecule has 0 amide bonds. The second-order valence-electron chi connectivity index (χ2n) is 5.20. The smallest absolute Gasteiger partial charge is 0.293 e. The molecule has 2 aromatic carbocycles. The van der Waals surface area contributed by atoms with Gasteiger partial charge in [0.1, 0.15) is 0 Å². The second kappa shape index (κ2) is 7.51. The number of thioether (sulfide) groups is 1. The zero-order valence-corrected chi connectivity index (χ0v) is 13.4. The predicted molar refractivity (Wildman–Crippen MR) is 83.4 cm³/mol. The van der Waals surface area contributed by atoms with E-state index < -0.39 is 23.5 Å². The highest BCUT2D eigenvalue weighted by Crippen LogP contribution is 2.37. The standard InChI is InChI=1S/C17H12F6OS/c18-16(19,20)13-6-11(7-14(8-13)17(21,22)23)9-25-10-15(24)12-4-2-1-3-5-12/h1-8H,9-10H2. The van der Waals surface area contributed by atoms with Gasteiger partial charge in [-0.15, -0.1) is 11.8 Å². The molecule has 0 aliphatic heterocycles.